The summed E-state index contributed by atoms with van der Waals surface area (Å²) in [6.07, 6.45) is 0.945. The standard InChI is InChI=1S/C18H23N3O.ClH/c1-20(2)14-9-15-21(19-17-12-7-4-8-13-17)18(22)16-10-5-3-6-11-16;/h3-8,10-13,19H,9,14-15H2,1-2H3;1H. The molecule has 0 atom stereocenters. The summed E-state index contributed by atoms with van der Waals surface area (Å²) in [5.41, 5.74) is 4.84. The van der Waals surface area contributed by atoms with Gasteiger partial charge in [-0.15, -0.1) is 0 Å². The molecule has 5 heteroatoms. The van der Waals surface area contributed by atoms with Crippen molar-refractivity contribution in [3.63, 3.8) is 0 Å². The van der Waals surface area contributed by atoms with Crippen molar-refractivity contribution in [2.24, 2.45) is 0 Å². The quantitative estimate of drug-likeness (QED) is 0.618. The van der Waals surface area contributed by atoms with E-state index in [-0.39, 0.29) is 18.3 Å². The number of benzene rings is 2. The lowest BCUT2D eigenvalue weighted by Gasteiger charge is -2.25. The summed E-state index contributed by atoms with van der Waals surface area (Å²) < 4.78 is 0. The van der Waals surface area contributed by atoms with E-state index >= 15 is 0 Å². The summed E-state index contributed by atoms with van der Waals surface area (Å²) >= 11 is 0. The Morgan fingerprint density at radius 2 is 1.57 bits per heavy atom. The van der Waals surface area contributed by atoms with Gasteiger partial charge in [-0.05, 0) is 24.3 Å². The first-order valence-electron chi connectivity index (χ1n) is 7.64. The van der Waals surface area contributed by atoms with Crippen LogP contribution < -0.4 is 22.7 Å². The van der Waals surface area contributed by atoms with Gasteiger partial charge in [-0.1, -0.05) is 36.4 Å². The minimum absolute atomic E-state index is 0. The molecule has 2 aromatic carbocycles. The van der Waals surface area contributed by atoms with Gasteiger partial charge in [-0.25, -0.2) is 0 Å². The number of nitrogens with zero attached hydrogens (tertiary/aromatic N) is 1. The average Bonchev–Trinajstić information content (AvgIpc) is 2.55. The molecule has 2 rings (SSSR count). The molecule has 0 saturated heterocycles. The third-order valence-corrected chi connectivity index (χ3v) is 3.36. The minimum atomic E-state index is -0.00166. The van der Waals surface area contributed by atoms with Crippen molar-refractivity contribution in [3.8, 4) is 0 Å². The number of para-hydroxylation sites is 1. The smallest absolute Gasteiger partial charge is 0.272 e. The van der Waals surface area contributed by atoms with Crippen molar-refractivity contribution < 1.29 is 22.1 Å². The summed E-state index contributed by atoms with van der Waals surface area (Å²) in [4.78, 5) is 14.1. The van der Waals surface area contributed by atoms with Gasteiger partial charge in [-0.3, -0.25) is 15.2 Å². The number of hydrogen-bond donors (Lipinski definition) is 2. The van der Waals surface area contributed by atoms with Crippen LogP contribution in [0.25, 0.3) is 0 Å². The molecule has 0 heterocycles. The Hall–Kier alpha value is -2.04. The highest BCUT2D eigenvalue weighted by atomic mass is 35.5. The number of hydrogen-bond acceptors (Lipinski definition) is 2. The van der Waals surface area contributed by atoms with Gasteiger partial charge in [0.05, 0.1) is 26.3 Å². The molecular weight excluding hydrogens is 310 g/mol. The number of carbonyl (C=O) groups is 1. The van der Waals surface area contributed by atoms with Crippen LogP contribution >= 0.6 is 0 Å². The first-order chi connectivity index (χ1) is 10.7. The van der Waals surface area contributed by atoms with Crippen molar-refractivity contribution in [3.05, 3.63) is 66.2 Å². The SMILES string of the molecule is C[NH+](C)CCCN(Nc1ccccc1)C(=O)c1ccccc1.[Cl-]. The number of quaternary nitrogens is 1. The van der Waals surface area contributed by atoms with E-state index in [1.54, 1.807) is 5.01 Å². The molecular formula is C18H24ClN3O. The van der Waals surface area contributed by atoms with Gasteiger partial charge >= 0.3 is 0 Å². The van der Waals surface area contributed by atoms with Gasteiger partial charge in [-0.2, -0.15) is 0 Å². The zero-order chi connectivity index (χ0) is 15.8. The van der Waals surface area contributed by atoms with Gasteiger partial charge in [0.2, 0.25) is 0 Å². The van der Waals surface area contributed by atoms with Crippen LogP contribution in [0.5, 0.6) is 0 Å². The van der Waals surface area contributed by atoms with Gasteiger partial charge < -0.3 is 17.3 Å². The Morgan fingerprint density at radius 3 is 2.13 bits per heavy atom. The summed E-state index contributed by atoms with van der Waals surface area (Å²) in [5, 5.41) is 1.70. The molecule has 0 aromatic heterocycles. The van der Waals surface area contributed by atoms with E-state index in [1.165, 1.54) is 4.90 Å². The second-order valence-corrected chi connectivity index (χ2v) is 5.61. The zero-order valence-electron chi connectivity index (χ0n) is 13.6. The third-order valence-electron chi connectivity index (χ3n) is 3.36. The second kappa shape index (κ2) is 9.87. The fourth-order valence-corrected chi connectivity index (χ4v) is 2.20. The molecule has 0 aliphatic heterocycles. The maximum absolute atomic E-state index is 12.7. The topological polar surface area (TPSA) is 36.8 Å². The summed E-state index contributed by atoms with van der Waals surface area (Å²) in [6.45, 7) is 1.70. The molecule has 0 radical (unpaired) electrons. The van der Waals surface area contributed by atoms with Crippen LogP contribution in [0.4, 0.5) is 5.69 Å². The fraction of sp³-hybridized carbons (Fsp3) is 0.278. The summed E-state index contributed by atoms with van der Waals surface area (Å²) in [5.74, 6) is -0.00166. The van der Waals surface area contributed by atoms with Gasteiger partial charge in [0, 0.05) is 18.5 Å². The number of amides is 1. The first-order valence-corrected chi connectivity index (χ1v) is 7.64. The summed E-state index contributed by atoms with van der Waals surface area (Å²) in [6, 6.07) is 19.2. The van der Waals surface area contributed by atoms with E-state index in [1.807, 2.05) is 60.7 Å². The molecule has 4 nitrogen and oxygen atoms in total. The molecule has 0 bridgehead atoms. The highest BCUT2D eigenvalue weighted by Crippen LogP contribution is 2.10. The minimum Gasteiger partial charge on any atom is -1.00 e. The van der Waals surface area contributed by atoms with Crippen LogP contribution in [0.15, 0.2) is 60.7 Å². The Kier molecular flexibility index (Phi) is 8.16. The Bertz CT molecular complexity index is 575. The van der Waals surface area contributed by atoms with E-state index in [2.05, 4.69) is 19.5 Å². The molecule has 0 spiro atoms. The average molecular weight is 334 g/mol. The van der Waals surface area contributed by atoms with Gasteiger partial charge in [0.15, 0.2) is 0 Å². The molecule has 0 saturated carbocycles. The van der Waals surface area contributed by atoms with Crippen molar-refractivity contribution >= 4 is 11.6 Å². The Morgan fingerprint density at radius 1 is 1.00 bits per heavy atom. The predicted octanol–water partition coefficient (Wildman–Crippen LogP) is -1.31. The van der Waals surface area contributed by atoms with E-state index in [9.17, 15) is 4.79 Å². The van der Waals surface area contributed by atoms with Crippen LogP contribution in [0.3, 0.4) is 0 Å². The number of hydrazine groups is 1. The zero-order valence-corrected chi connectivity index (χ0v) is 14.4. The number of carbonyl (C=O) groups excluding carboxylic acids is 1. The fourth-order valence-electron chi connectivity index (χ4n) is 2.20. The highest BCUT2D eigenvalue weighted by molar-refractivity contribution is 5.94. The van der Waals surface area contributed by atoms with E-state index in [0.29, 0.717) is 12.1 Å². The largest absolute Gasteiger partial charge is 1.00 e. The van der Waals surface area contributed by atoms with Crippen LogP contribution in [0, 0.1) is 0 Å². The molecule has 0 aliphatic carbocycles. The van der Waals surface area contributed by atoms with Crippen LogP contribution in [0.1, 0.15) is 16.8 Å². The maximum atomic E-state index is 12.7. The van der Waals surface area contributed by atoms with E-state index in [4.69, 9.17) is 0 Å². The normalized spacial score (nSPS) is 10.0. The monoisotopic (exact) mass is 333 g/mol. The first kappa shape index (κ1) is 19.0. The van der Waals surface area contributed by atoms with Crippen molar-refractivity contribution in [2.75, 3.05) is 32.6 Å². The Labute approximate surface area is 144 Å². The molecule has 124 valence electrons. The van der Waals surface area contributed by atoms with Crippen LogP contribution in [-0.2, 0) is 0 Å². The number of nitrogens with one attached hydrogen (secondary N) is 2. The van der Waals surface area contributed by atoms with Crippen molar-refractivity contribution in [2.45, 2.75) is 6.42 Å². The van der Waals surface area contributed by atoms with Crippen molar-refractivity contribution in [1.29, 1.82) is 0 Å². The van der Waals surface area contributed by atoms with E-state index in [0.717, 1.165) is 18.7 Å². The third kappa shape index (κ3) is 6.30. The Balaban J connectivity index is 0.00000264. The molecule has 1 amide bonds. The molecule has 2 N–H and O–H groups in total. The van der Waals surface area contributed by atoms with E-state index < -0.39 is 0 Å². The number of rotatable bonds is 7. The lowest BCUT2D eigenvalue weighted by Crippen LogP contribution is -3.05. The van der Waals surface area contributed by atoms with Gasteiger partial charge in [0.1, 0.15) is 0 Å². The molecule has 23 heavy (non-hydrogen) atoms. The molecule has 0 unspecified atom stereocenters. The maximum Gasteiger partial charge on any atom is 0.272 e. The highest BCUT2D eigenvalue weighted by Gasteiger charge is 2.15. The molecule has 2 aromatic rings. The number of halogens is 1. The molecule has 0 aliphatic rings. The molecule has 0 fully saturated rings. The predicted molar refractivity (Wildman–Crippen MR) is 89.8 cm³/mol. The second-order valence-electron chi connectivity index (χ2n) is 5.61. The lowest BCUT2D eigenvalue weighted by molar-refractivity contribution is -0.858. The van der Waals surface area contributed by atoms with Crippen LogP contribution in [-0.4, -0.2) is 38.1 Å². The summed E-state index contributed by atoms with van der Waals surface area (Å²) in [7, 11) is 4.24. The lowest BCUT2D eigenvalue weighted by atomic mass is 10.2. The van der Waals surface area contributed by atoms with Crippen LogP contribution in [0.2, 0.25) is 0 Å². The van der Waals surface area contributed by atoms with Gasteiger partial charge in [0.25, 0.3) is 5.91 Å². The number of anilines is 1. The van der Waals surface area contributed by atoms with Crippen molar-refractivity contribution in [1.82, 2.24) is 5.01 Å².